The summed E-state index contributed by atoms with van der Waals surface area (Å²) in [6.07, 6.45) is 4.88. The molecule has 0 saturated carbocycles. The van der Waals surface area contributed by atoms with E-state index in [9.17, 15) is 0 Å². The molecule has 0 aliphatic heterocycles. The van der Waals surface area contributed by atoms with Gasteiger partial charge in [-0.25, -0.2) is 9.97 Å². The lowest BCUT2D eigenvalue weighted by Crippen LogP contribution is -2.13. The van der Waals surface area contributed by atoms with Crippen molar-refractivity contribution in [3.63, 3.8) is 0 Å². The zero-order chi connectivity index (χ0) is 9.64. The minimum atomic E-state index is 0.657. The topological polar surface area (TPSA) is 63.8 Å². The summed E-state index contributed by atoms with van der Waals surface area (Å²) < 4.78 is 4.93. The Morgan fingerprint density at radius 2 is 2.21 bits per heavy atom. The zero-order valence-corrected chi connectivity index (χ0v) is 7.55. The average molecular weight is 190 g/mol. The molecule has 0 aliphatic carbocycles. The molecule has 0 radical (unpaired) electrons. The van der Waals surface area contributed by atoms with Crippen LogP contribution in [0.2, 0.25) is 0 Å². The summed E-state index contributed by atoms with van der Waals surface area (Å²) in [5.41, 5.74) is 0.958. The summed E-state index contributed by atoms with van der Waals surface area (Å²) in [6.45, 7) is 1.35. The predicted octanol–water partition coefficient (Wildman–Crippen LogP) is 0.754. The SMILES string of the molecule is c1cc(CNCc2ccno2)ncn1. The highest BCUT2D eigenvalue weighted by Crippen LogP contribution is 1.96. The molecule has 0 atom stereocenters. The zero-order valence-electron chi connectivity index (χ0n) is 7.55. The standard InChI is InChI=1S/C9H10N4O/c1-3-10-7-12-8(1)5-11-6-9-2-4-13-14-9/h1-4,7,11H,5-6H2. The number of rotatable bonds is 4. The number of nitrogens with one attached hydrogen (secondary N) is 1. The Morgan fingerprint density at radius 1 is 1.21 bits per heavy atom. The molecule has 2 heterocycles. The van der Waals surface area contributed by atoms with E-state index >= 15 is 0 Å². The van der Waals surface area contributed by atoms with Gasteiger partial charge in [0.15, 0.2) is 0 Å². The predicted molar refractivity (Wildman–Crippen MR) is 49.1 cm³/mol. The summed E-state index contributed by atoms with van der Waals surface area (Å²) in [4.78, 5) is 7.91. The molecule has 2 aromatic rings. The number of nitrogens with zero attached hydrogens (tertiary/aromatic N) is 3. The van der Waals surface area contributed by atoms with Gasteiger partial charge in [0.05, 0.1) is 18.4 Å². The van der Waals surface area contributed by atoms with Crippen LogP contribution < -0.4 is 5.32 Å². The fraction of sp³-hybridized carbons (Fsp3) is 0.222. The van der Waals surface area contributed by atoms with Crippen molar-refractivity contribution in [3.8, 4) is 0 Å². The third-order valence-electron chi connectivity index (χ3n) is 1.74. The summed E-state index contributed by atoms with van der Waals surface area (Å²) in [7, 11) is 0. The van der Waals surface area contributed by atoms with Crippen molar-refractivity contribution in [1.29, 1.82) is 0 Å². The molecule has 0 unspecified atom stereocenters. The Bertz CT molecular complexity index is 360. The van der Waals surface area contributed by atoms with E-state index in [4.69, 9.17) is 4.52 Å². The number of hydrogen-bond donors (Lipinski definition) is 1. The van der Waals surface area contributed by atoms with Gasteiger partial charge in [0.2, 0.25) is 0 Å². The van der Waals surface area contributed by atoms with Crippen LogP contribution in [0.25, 0.3) is 0 Å². The third kappa shape index (κ3) is 2.37. The van der Waals surface area contributed by atoms with E-state index in [1.54, 1.807) is 12.4 Å². The molecule has 5 nitrogen and oxygen atoms in total. The van der Waals surface area contributed by atoms with E-state index in [-0.39, 0.29) is 0 Å². The Morgan fingerprint density at radius 3 is 2.93 bits per heavy atom. The minimum Gasteiger partial charge on any atom is -0.360 e. The van der Waals surface area contributed by atoms with Crippen LogP contribution >= 0.6 is 0 Å². The van der Waals surface area contributed by atoms with Crippen molar-refractivity contribution in [2.75, 3.05) is 0 Å². The van der Waals surface area contributed by atoms with Crippen LogP contribution in [0.1, 0.15) is 11.5 Å². The molecule has 0 saturated heterocycles. The van der Waals surface area contributed by atoms with Gasteiger partial charge in [-0.15, -0.1) is 0 Å². The fourth-order valence-electron chi connectivity index (χ4n) is 1.07. The normalized spacial score (nSPS) is 10.3. The number of hydrogen-bond acceptors (Lipinski definition) is 5. The van der Waals surface area contributed by atoms with Crippen molar-refractivity contribution >= 4 is 0 Å². The largest absolute Gasteiger partial charge is 0.360 e. The van der Waals surface area contributed by atoms with Gasteiger partial charge in [-0.3, -0.25) is 0 Å². The van der Waals surface area contributed by atoms with Gasteiger partial charge in [-0.2, -0.15) is 0 Å². The molecule has 1 N–H and O–H groups in total. The maximum atomic E-state index is 4.93. The molecule has 72 valence electrons. The van der Waals surface area contributed by atoms with Crippen LogP contribution in [-0.4, -0.2) is 15.1 Å². The lowest BCUT2D eigenvalue weighted by Gasteiger charge is -2.00. The lowest BCUT2D eigenvalue weighted by atomic mass is 10.4. The van der Waals surface area contributed by atoms with E-state index in [0.717, 1.165) is 11.5 Å². The van der Waals surface area contributed by atoms with Gasteiger partial charge in [-0.1, -0.05) is 5.16 Å². The first-order valence-electron chi connectivity index (χ1n) is 4.30. The van der Waals surface area contributed by atoms with Crippen LogP contribution in [0.3, 0.4) is 0 Å². The molecule has 14 heavy (non-hydrogen) atoms. The average Bonchev–Trinajstić information content (AvgIpc) is 2.72. The summed E-state index contributed by atoms with van der Waals surface area (Å²) in [5, 5.41) is 6.79. The van der Waals surface area contributed by atoms with Gasteiger partial charge in [0.25, 0.3) is 0 Å². The van der Waals surface area contributed by atoms with Crippen LogP contribution in [0.4, 0.5) is 0 Å². The molecule has 0 aromatic carbocycles. The van der Waals surface area contributed by atoms with Gasteiger partial charge < -0.3 is 9.84 Å². The summed E-state index contributed by atoms with van der Waals surface area (Å²) >= 11 is 0. The van der Waals surface area contributed by atoms with E-state index < -0.39 is 0 Å². The van der Waals surface area contributed by atoms with Crippen LogP contribution in [0.5, 0.6) is 0 Å². The molecule has 0 amide bonds. The molecule has 2 aromatic heterocycles. The second-order valence-corrected chi connectivity index (χ2v) is 2.78. The first kappa shape index (κ1) is 8.83. The summed E-state index contributed by atoms with van der Waals surface area (Å²) in [6, 6.07) is 3.69. The molecule has 0 spiro atoms. The van der Waals surface area contributed by atoms with Gasteiger partial charge in [-0.05, 0) is 6.07 Å². The highest BCUT2D eigenvalue weighted by Gasteiger charge is 1.96. The second kappa shape index (κ2) is 4.48. The third-order valence-corrected chi connectivity index (χ3v) is 1.74. The molecular formula is C9H10N4O. The molecule has 0 bridgehead atoms. The van der Waals surface area contributed by atoms with Crippen LogP contribution in [-0.2, 0) is 13.1 Å². The van der Waals surface area contributed by atoms with Crippen molar-refractivity contribution in [3.05, 3.63) is 42.3 Å². The lowest BCUT2D eigenvalue weighted by molar-refractivity contribution is 0.372. The summed E-state index contributed by atoms with van der Waals surface area (Å²) in [5.74, 6) is 0.819. The first-order chi connectivity index (χ1) is 6.95. The van der Waals surface area contributed by atoms with Gasteiger partial charge in [0.1, 0.15) is 12.1 Å². The number of aromatic nitrogens is 3. The van der Waals surface area contributed by atoms with E-state index in [1.165, 1.54) is 6.33 Å². The van der Waals surface area contributed by atoms with E-state index in [2.05, 4.69) is 20.4 Å². The quantitative estimate of drug-likeness (QED) is 0.770. The molecule has 0 aliphatic rings. The highest BCUT2D eigenvalue weighted by molar-refractivity contribution is 4.98. The van der Waals surface area contributed by atoms with Crippen molar-refractivity contribution in [1.82, 2.24) is 20.4 Å². The second-order valence-electron chi connectivity index (χ2n) is 2.78. The van der Waals surface area contributed by atoms with E-state index in [1.807, 2.05) is 12.1 Å². The monoisotopic (exact) mass is 190 g/mol. The van der Waals surface area contributed by atoms with Crippen molar-refractivity contribution in [2.24, 2.45) is 0 Å². The van der Waals surface area contributed by atoms with Gasteiger partial charge in [0, 0.05) is 18.8 Å². The van der Waals surface area contributed by atoms with Crippen molar-refractivity contribution in [2.45, 2.75) is 13.1 Å². The van der Waals surface area contributed by atoms with E-state index in [0.29, 0.717) is 13.1 Å². The highest BCUT2D eigenvalue weighted by atomic mass is 16.5. The Hall–Kier alpha value is -1.75. The maximum Gasteiger partial charge on any atom is 0.150 e. The Kier molecular flexibility index (Phi) is 2.82. The maximum absolute atomic E-state index is 4.93. The minimum absolute atomic E-state index is 0.657. The first-order valence-corrected chi connectivity index (χ1v) is 4.30. The van der Waals surface area contributed by atoms with Crippen LogP contribution in [0.15, 0.2) is 35.4 Å². The Labute approximate surface area is 81.2 Å². The molecule has 2 rings (SSSR count). The molecule has 5 heteroatoms. The molecule has 0 fully saturated rings. The Balaban J connectivity index is 1.79. The van der Waals surface area contributed by atoms with Gasteiger partial charge >= 0.3 is 0 Å². The molecular weight excluding hydrogens is 180 g/mol. The fourth-order valence-corrected chi connectivity index (χ4v) is 1.07. The smallest absolute Gasteiger partial charge is 0.150 e. The van der Waals surface area contributed by atoms with Crippen LogP contribution in [0, 0.1) is 0 Å². The van der Waals surface area contributed by atoms with Crippen molar-refractivity contribution < 1.29 is 4.52 Å².